The maximum atomic E-state index is 11.8. The largest absolute Gasteiger partial charge is 0.469 e. The Hall–Kier alpha value is -1.85. The molecular weight excluding hydrogens is 392 g/mol. The Morgan fingerprint density at radius 3 is 2.25 bits per heavy atom. The summed E-state index contributed by atoms with van der Waals surface area (Å²) in [4.78, 5) is 46.5. The standard InChI is InChI=1S/C17H30N2O8S/c1-17(2,10-20)14(23)15(24)19-6-5-12(21)18-7-8-28-11(16(25)27-4)9-13(22)26-3/h11,14,20,23H,5-10H2,1-4H3,(H,18,21)(H,19,24)/t11?,14-/m0/s1. The van der Waals surface area contributed by atoms with E-state index in [1.54, 1.807) is 13.8 Å². The summed E-state index contributed by atoms with van der Waals surface area (Å²) in [5.74, 6) is -1.69. The van der Waals surface area contributed by atoms with Gasteiger partial charge in [-0.15, -0.1) is 11.8 Å². The number of hydrogen-bond acceptors (Lipinski definition) is 9. The van der Waals surface area contributed by atoms with Crippen molar-refractivity contribution in [2.24, 2.45) is 5.41 Å². The van der Waals surface area contributed by atoms with Crippen molar-refractivity contribution in [1.29, 1.82) is 0 Å². The number of aliphatic hydroxyl groups excluding tert-OH is 2. The average molecular weight is 423 g/mol. The second kappa shape index (κ2) is 13.3. The van der Waals surface area contributed by atoms with E-state index in [0.717, 1.165) is 11.8 Å². The predicted molar refractivity (Wildman–Crippen MR) is 102 cm³/mol. The van der Waals surface area contributed by atoms with Gasteiger partial charge in [0.05, 0.1) is 27.2 Å². The third-order valence-electron chi connectivity index (χ3n) is 3.83. The molecule has 1 unspecified atom stereocenters. The van der Waals surface area contributed by atoms with Crippen LogP contribution in [0.1, 0.15) is 26.7 Å². The van der Waals surface area contributed by atoms with Crippen molar-refractivity contribution >= 4 is 35.5 Å². The number of aliphatic hydroxyl groups is 2. The van der Waals surface area contributed by atoms with Gasteiger partial charge in [-0.25, -0.2) is 0 Å². The zero-order chi connectivity index (χ0) is 21.7. The van der Waals surface area contributed by atoms with E-state index in [4.69, 9.17) is 5.11 Å². The molecule has 162 valence electrons. The SMILES string of the molecule is COC(=O)CC(SCCNC(=O)CCNC(=O)[C@H](O)C(C)(C)CO)C(=O)OC. The minimum absolute atomic E-state index is 0.00523. The lowest BCUT2D eigenvalue weighted by Crippen LogP contribution is -2.46. The summed E-state index contributed by atoms with van der Waals surface area (Å²) in [5.41, 5.74) is -0.982. The minimum atomic E-state index is -1.39. The summed E-state index contributed by atoms with van der Waals surface area (Å²) in [7, 11) is 2.45. The van der Waals surface area contributed by atoms with Crippen LogP contribution in [0.5, 0.6) is 0 Å². The molecule has 2 amide bonds. The second-order valence-electron chi connectivity index (χ2n) is 6.60. The highest BCUT2D eigenvalue weighted by molar-refractivity contribution is 8.00. The van der Waals surface area contributed by atoms with Gasteiger partial charge in [0.1, 0.15) is 11.4 Å². The number of hydrogen-bond donors (Lipinski definition) is 4. The molecule has 4 N–H and O–H groups in total. The van der Waals surface area contributed by atoms with Gasteiger partial charge in [-0.2, -0.15) is 0 Å². The number of esters is 2. The van der Waals surface area contributed by atoms with Crippen LogP contribution in [0.4, 0.5) is 0 Å². The Kier molecular flexibility index (Phi) is 12.5. The molecule has 0 aliphatic rings. The summed E-state index contributed by atoms with van der Waals surface area (Å²) < 4.78 is 9.16. The smallest absolute Gasteiger partial charge is 0.319 e. The van der Waals surface area contributed by atoms with E-state index >= 15 is 0 Å². The Labute approximate surface area is 168 Å². The molecule has 0 aromatic heterocycles. The minimum Gasteiger partial charge on any atom is -0.469 e. The van der Waals surface area contributed by atoms with Crippen LogP contribution < -0.4 is 10.6 Å². The van der Waals surface area contributed by atoms with Crippen LogP contribution >= 0.6 is 11.8 Å². The number of nitrogens with one attached hydrogen (secondary N) is 2. The quantitative estimate of drug-likeness (QED) is 0.212. The van der Waals surface area contributed by atoms with Crippen molar-refractivity contribution < 1.29 is 38.9 Å². The Bertz CT molecular complexity index is 541. The number of thioether (sulfide) groups is 1. The van der Waals surface area contributed by atoms with E-state index in [2.05, 4.69) is 20.1 Å². The van der Waals surface area contributed by atoms with Gasteiger partial charge in [-0.05, 0) is 0 Å². The molecule has 0 saturated heterocycles. The number of rotatable bonds is 13. The van der Waals surface area contributed by atoms with Crippen molar-refractivity contribution in [3.8, 4) is 0 Å². The van der Waals surface area contributed by atoms with Crippen molar-refractivity contribution in [3.05, 3.63) is 0 Å². The van der Waals surface area contributed by atoms with Gasteiger partial charge < -0.3 is 30.3 Å². The first-order valence-corrected chi connectivity index (χ1v) is 9.73. The highest BCUT2D eigenvalue weighted by Crippen LogP contribution is 2.19. The predicted octanol–water partition coefficient (Wildman–Crippen LogP) is -1.17. The Balaban J connectivity index is 4.14. The van der Waals surface area contributed by atoms with E-state index in [1.807, 2.05) is 0 Å². The number of carbonyl (C=O) groups excluding carboxylic acids is 4. The monoisotopic (exact) mass is 422 g/mol. The highest BCUT2D eigenvalue weighted by atomic mass is 32.2. The first kappa shape index (κ1) is 26.1. The molecule has 0 aromatic carbocycles. The first-order chi connectivity index (χ1) is 13.1. The molecule has 0 fully saturated rings. The zero-order valence-electron chi connectivity index (χ0n) is 16.6. The number of amides is 2. The number of carbonyl (C=O) groups is 4. The van der Waals surface area contributed by atoms with Gasteiger partial charge in [0.25, 0.3) is 0 Å². The van der Waals surface area contributed by atoms with E-state index < -0.39 is 34.6 Å². The molecule has 2 atom stereocenters. The lowest BCUT2D eigenvalue weighted by molar-refractivity contribution is -0.146. The summed E-state index contributed by atoms with van der Waals surface area (Å²) in [5, 5.41) is 23.3. The molecule has 0 aromatic rings. The van der Waals surface area contributed by atoms with E-state index in [0.29, 0.717) is 5.75 Å². The third kappa shape index (κ3) is 9.90. The van der Waals surface area contributed by atoms with E-state index in [1.165, 1.54) is 14.2 Å². The van der Waals surface area contributed by atoms with Gasteiger partial charge in [-0.1, -0.05) is 13.8 Å². The first-order valence-electron chi connectivity index (χ1n) is 8.68. The van der Waals surface area contributed by atoms with Crippen molar-refractivity contribution in [2.45, 2.75) is 38.0 Å². The van der Waals surface area contributed by atoms with Gasteiger partial charge in [0.15, 0.2) is 0 Å². The summed E-state index contributed by atoms with van der Waals surface area (Å²) >= 11 is 1.16. The number of ether oxygens (including phenoxy) is 2. The maximum absolute atomic E-state index is 11.8. The lowest BCUT2D eigenvalue weighted by atomic mass is 9.87. The van der Waals surface area contributed by atoms with Crippen LogP contribution in [0.3, 0.4) is 0 Å². The number of methoxy groups -OCH3 is 2. The van der Waals surface area contributed by atoms with Crippen molar-refractivity contribution in [1.82, 2.24) is 10.6 Å². The molecule has 0 spiro atoms. The molecular formula is C17H30N2O8S. The molecule has 10 nitrogen and oxygen atoms in total. The van der Waals surface area contributed by atoms with Gasteiger partial charge in [0, 0.05) is 30.7 Å². The fourth-order valence-electron chi connectivity index (χ4n) is 1.89. The van der Waals surface area contributed by atoms with Gasteiger partial charge in [0.2, 0.25) is 11.8 Å². The fourth-order valence-corrected chi connectivity index (χ4v) is 2.88. The molecule has 0 rings (SSSR count). The zero-order valence-corrected chi connectivity index (χ0v) is 17.5. The van der Waals surface area contributed by atoms with Crippen LogP contribution in [0.25, 0.3) is 0 Å². The van der Waals surface area contributed by atoms with Crippen LogP contribution in [-0.2, 0) is 28.7 Å². The van der Waals surface area contributed by atoms with Gasteiger partial charge >= 0.3 is 11.9 Å². The molecule has 28 heavy (non-hydrogen) atoms. The van der Waals surface area contributed by atoms with Crippen LogP contribution in [0, 0.1) is 5.41 Å². The van der Waals surface area contributed by atoms with Crippen LogP contribution in [0.15, 0.2) is 0 Å². The lowest BCUT2D eigenvalue weighted by Gasteiger charge is -2.27. The van der Waals surface area contributed by atoms with Gasteiger partial charge in [-0.3, -0.25) is 19.2 Å². The topological polar surface area (TPSA) is 151 Å². The molecule has 0 bridgehead atoms. The van der Waals surface area contributed by atoms with Crippen LogP contribution in [0.2, 0.25) is 0 Å². The molecule has 0 saturated carbocycles. The fraction of sp³-hybridized carbons (Fsp3) is 0.765. The highest BCUT2D eigenvalue weighted by Gasteiger charge is 2.32. The molecule has 0 aliphatic carbocycles. The van der Waals surface area contributed by atoms with Crippen LogP contribution in [-0.4, -0.2) is 85.0 Å². The van der Waals surface area contributed by atoms with E-state index in [9.17, 15) is 24.3 Å². The molecule has 0 aliphatic heterocycles. The molecule has 0 radical (unpaired) electrons. The van der Waals surface area contributed by atoms with Crippen molar-refractivity contribution in [3.63, 3.8) is 0 Å². The average Bonchev–Trinajstić information content (AvgIpc) is 2.68. The Morgan fingerprint density at radius 2 is 1.71 bits per heavy atom. The maximum Gasteiger partial charge on any atom is 0.319 e. The normalized spacial score (nSPS) is 13.2. The Morgan fingerprint density at radius 1 is 1.07 bits per heavy atom. The third-order valence-corrected chi connectivity index (χ3v) is 5.04. The molecule has 11 heteroatoms. The van der Waals surface area contributed by atoms with E-state index in [-0.39, 0.29) is 38.4 Å². The van der Waals surface area contributed by atoms with Crippen molar-refractivity contribution in [2.75, 3.05) is 39.7 Å². The summed E-state index contributed by atoms with van der Waals surface area (Å²) in [6, 6.07) is 0. The molecule has 0 heterocycles. The second-order valence-corrected chi connectivity index (χ2v) is 7.91. The summed E-state index contributed by atoms with van der Waals surface area (Å²) in [6.45, 7) is 3.02. The summed E-state index contributed by atoms with van der Waals surface area (Å²) in [6.07, 6.45) is -1.51.